The van der Waals surface area contributed by atoms with E-state index < -0.39 is 29.2 Å². The number of piperidine rings is 1. The largest absolute Gasteiger partial charge is 0.497 e. The first-order valence-corrected chi connectivity index (χ1v) is 17.7. The Morgan fingerprint density at radius 3 is 2.23 bits per heavy atom. The Kier molecular flexibility index (Phi) is 10.0. The van der Waals surface area contributed by atoms with Crippen molar-refractivity contribution in [1.82, 2.24) is 9.80 Å². The summed E-state index contributed by atoms with van der Waals surface area (Å²) in [6.07, 6.45) is 0.787. The zero-order chi connectivity index (χ0) is 33.5. The standard InChI is InChI=1S/C35H43F3IN3O5/c1-46-26-10-7-22(8-11-26)29-19-42(25-5-3-4-6-25)21-34(29,47-2)33(45)41-18-28(30(39)20-41)27-12-9-24(35(36,37)38)17-31(27)40-15-13-23(14-16-40)32(43)44/h7-12,17,23,25,28-30H,3-6,13-16,18-21H2,1-2H3,(H,43,44)/t28-,29+,30+,34+/m1/s1. The Labute approximate surface area is 287 Å². The molecule has 4 fully saturated rings. The SMILES string of the molecule is COc1ccc([C@@H]2CN(C3CCCC3)C[C@@]2(OC)C(=O)N2C[C@H](c3ccc(C(F)(F)F)cc3N3CCC(C(=O)O)CC3)[C@@H](I)C2)cc1. The number of alkyl halides is 4. The summed E-state index contributed by atoms with van der Waals surface area (Å²) in [5.74, 6) is -1.11. The number of carboxylic acid groups (broad SMARTS) is 1. The van der Waals surface area contributed by atoms with Crippen LogP contribution in [-0.2, 0) is 20.5 Å². The number of anilines is 1. The van der Waals surface area contributed by atoms with Gasteiger partial charge in [0.2, 0.25) is 0 Å². The van der Waals surface area contributed by atoms with Crippen LogP contribution < -0.4 is 9.64 Å². The maximum atomic E-state index is 14.8. The fourth-order valence-electron chi connectivity index (χ4n) is 8.29. The number of hydrogen-bond acceptors (Lipinski definition) is 6. The second-order valence-electron chi connectivity index (χ2n) is 13.5. The number of carbonyl (C=O) groups is 2. The molecular weight excluding hydrogens is 726 g/mol. The quantitative estimate of drug-likeness (QED) is 0.254. The maximum absolute atomic E-state index is 14.8. The van der Waals surface area contributed by atoms with Gasteiger partial charge in [0.1, 0.15) is 5.75 Å². The number of ether oxygens (including phenoxy) is 2. The Hall–Kier alpha value is -2.58. The summed E-state index contributed by atoms with van der Waals surface area (Å²) >= 11 is 2.33. The van der Waals surface area contributed by atoms with E-state index in [1.807, 2.05) is 34.1 Å². The van der Waals surface area contributed by atoms with E-state index in [1.54, 1.807) is 20.3 Å². The third-order valence-corrected chi connectivity index (χ3v) is 12.2. The lowest BCUT2D eigenvalue weighted by atomic mass is 9.83. The minimum absolute atomic E-state index is 0.0377. The molecule has 6 rings (SSSR count). The third kappa shape index (κ3) is 6.70. The number of carbonyl (C=O) groups excluding carboxylic acids is 1. The summed E-state index contributed by atoms with van der Waals surface area (Å²) in [6.45, 7) is 2.73. The molecule has 0 spiro atoms. The van der Waals surface area contributed by atoms with E-state index in [0.29, 0.717) is 63.8 Å². The van der Waals surface area contributed by atoms with Gasteiger partial charge in [-0.3, -0.25) is 14.5 Å². The molecule has 1 saturated carbocycles. The van der Waals surface area contributed by atoms with E-state index in [-0.39, 0.29) is 21.7 Å². The number of rotatable bonds is 8. The fraction of sp³-hybridized carbons (Fsp3) is 0.600. The number of benzene rings is 2. The molecule has 8 nitrogen and oxygen atoms in total. The van der Waals surface area contributed by atoms with Crippen LogP contribution in [0.4, 0.5) is 18.9 Å². The highest BCUT2D eigenvalue weighted by Crippen LogP contribution is 2.46. The van der Waals surface area contributed by atoms with Gasteiger partial charge < -0.3 is 24.4 Å². The number of halogens is 4. The van der Waals surface area contributed by atoms with Crippen molar-refractivity contribution in [3.63, 3.8) is 0 Å². The first-order chi connectivity index (χ1) is 22.4. The molecule has 47 heavy (non-hydrogen) atoms. The normalized spacial score (nSPS) is 27.9. The van der Waals surface area contributed by atoms with E-state index in [1.165, 1.54) is 18.9 Å². The van der Waals surface area contributed by atoms with E-state index >= 15 is 0 Å². The number of amides is 1. The second kappa shape index (κ2) is 13.7. The second-order valence-corrected chi connectivity index (χ2v) is 15.1. The van der Waals surface area contributed by atoms with Crippen molar-refractivity contribution in [3.8, 4) is 5.75 Å². The Bertz CT molecular complexity index is 1440. The highest BCUT2D eigenvalue weighted by molar-refractivity contribution is 14.1. The molecule has 12 heteroatoms. The van der Waals surface area contributed by atoms with Gasteiger partial charge in [0.25, 0.3) is 5.91 Å². The van der Waals surface area contributed by atoms with Crippen LogP contribution >= 0.6 is 22.6 Å². The summed E-state index contributed by atoms with van der Waals surface area (Å²) in [4.78, 5) is 32.5. The highest BCUT2D eigenvalue weighted by Gasteiger charge is 2.57. The molecule has 4 atom stereocenters. The summed E-state index contributed by atoms with van der Waals surface area (Å²) in [5, 5.41) is 9.49. The number of carboxylic acids is 1. The van der Waals surface area contributed by atoms with Gasteiger partial charge in [0.05, 0.1) is 18.6 Å². The molecule has 3 aliphatic heterocycles. The summed E-state index contributed by atoms with van der Waals surface area (Å²) in [6, 6.07) is 12.2. The van der Waals surface area contributed by atoms with Crippen LogP contribution in [0.3, 0.4) is 0 Å². The van der Waals surface area contributed by atoms with Crippen LogP contribution in [0.15, 0.2) is 42.5 Å². The van der Waals surface area contributed by atoms with Gasteiger partial charge in [-0.15, -0.1) is 0 Å². The Morgan fingerprint density at radius 1 is 0.957 bits per heavy atom. The number of aliphatic carboxylic acids is 1. The maximum Gasteiger partial charge on any atom is 0.416 e. The Balaban J connectivity index is 1.30. The van der Waals surface area contributed by atoms with Crippen molar-refractivity contribution < 1.29 is 37.3 Å². The van der Waals surface area contributed by atoms with Crippen LogP contribution in [-0.4, -0.2) is 95.8 Å². The minimum atomic E-state index is -4.51. The first-order valence-electron chi connectivity index (χ1n) is 16.5. The molecule has 3 saturated heterocycles. The number of nitrogens with zero attached hydrogens (tertiary/aromatic N) is 3. The predicted molar refractivity (Wildman–Crippen MR) is 180 cm³/mol. The van der Waals surface area contributed by atoms with Crippen LogP contribution in [0, 0.1) is 5.92 Å². The molecule has 0 aromatic heterocycles. The van der Waals surface area contributed by atoms with Gasteiger partial charge in [0, 0.05) is 73.9 Å². The van der Waals surface area contributed by atoms with Crippen molar-refractivity contribution in [1.29, 1.82) is 0 Å². The number of methoxy groups -OCH3 is 2. The van der Waals surface area contributed by atoms with Crippen LogP contribution in [0.2, 0.25) is 0 Å². The third-order valence-electron chi connectivity index (χ3n) is 11.0. The highest BCUT2D eigenvalue weighted by atomic mass is 127. The molecule has 2 aromatic carbocycles. The van der Waals surface area contributed by atoms with Crippen molar-refractivity contribution >= 4 is 40.2 Å². The topological polar surface area (TPSA) is 82.6 Å². The lowest BCUT2D eigenvalue weighted by molar-refractivity contribution is -0.154. The smallest absolute Gasteiger partial charge is 0.416 e. The molecule has 256 valence electrons. The number of likely N-dealkylation sites (tertiary alicyclic amines) is 2. The van der Waals surface area contributed by atoms with Crippen LogP contribution in [0.5, 0.6) is 5.75 Å². The predicted octanol–water partition coefficient (Wildman–Crippen LogP) is 6.17. The van der Waals surface area contributed by atoms with Crippen molar-refractivity contribution in [2.75, 3.05) is 58.4 Å². The lowest BCUT2D eigenvalue weighted by Gasteiger charge is -2.36. The molecule has 2 aromatic rings. The molecule has 1 amide bonds. The molecular formula is C35H43F3IN3O5. The number of hydrogen-bond donors (Lipinski definition) is 1. The van der Waals surface area contributed by atoms with Crippen molar-refractivity contribution in [2.45, 2.75) is 72.1 Å². The average molecular weight is 770 g/mol. The molecule has 0 radical (unpaired) electrons. The zero-order valence-electron chi connectivity index (χ0n) is 26.8. The molecule has 0 bridgehead atoms. The first kappa shape index (κ1) is 34.3. The van der Waals surface area contributed by atoms with Gasteiger partial charge >= 0.3 is 12.1 Å². The van der Waals surface area contributed by atoms with Crippen molar-refractivity contribution in [2.24, 2.45) is 5.92 Å². The van der Waals surface area contributed by atoms with Gasteiger partial charge in [-0.05, 0) is 61.1 Å². The van der Waals surface area contributed by atoms with Crippen LogP contribution in [0.25, 0.3) is 0 Å². The zero-order valence-corrected chi connectivity index (χ0v) is 29.0. The summed E-state index contributed by atoms with van der Waals surface area (Å²) in [7, 11) is 3.25. The molecule has 4 aliphatic rings. The van der Waals surface area contributed by atoms with Gasteiger partial charge in [-0.25, -0.2) is 0 Å². The summed E-state index contributed by atoms with van der Waals surface area (Å²) < 4.78 is 53.4. The monoisotopic (exact) mass is 769 g/mol. The van der Waals surface area contributed by atoms with E-state index in [0.717, 1.165) is 35.8 Å². The molecule has 3 heterocycles. The van der Waals surface area contributed by atoms with Gasteiger partial charge in [-0.1, -0.05) is 53.6 Å². The molecule has 1 aliphatic carbocycles. The van der Waals surface area contributed by atoms with E-state index in [9.17, 15) is 27.9 Å². The summed E-state index contributed by atoms with van der Waals surface area (Å²) in [5.41, 5.74) is 0.419. The Morgan fingerprint density at radius 2 is 1.64 bits per heavy atom. The van der Waals surface area contributed by atoms with Crippen LogP contribution in [0.1, 0.15) is 67.1 Å². The average Bonchev–Trinajstić information content (AvgIpc) is 3.83. The van der Waals surface area contributed by atoms with Gasteiger partial charge in [0.15, 0.2) is 5.60 Å². The van der Waals surface area contributed by atoms with Gasteiger partial charge in [-0.2, -0.15) is 13.2 Å². The minimum Gasteiger partial charge on any atom is -0.497 e. The molecule has 0 unspecified atom stereocenters. The lowest BCUT2D eigenvalue weighted by Crippen LogP contribution is -2.54. The fourth-order valence-corrected chi connectivity index (χ4v) is 9.38. The van der Waals surface area contributed by atoms with Crippen molar-refractivity contribution in [3.05, 3.63) is 59.2 Å². The van der Waals surface area contributed by atoms with E-state index in [4.69, 9.17) is 9.47 Å². The van der Waals surface area contributed by atoms with E-state index in [2.05, 4.69) is 27.5 Å². The molecule has 1 N–H and O–H groups in total.